The van der Waals surface area contributed by atoms with Crippen LogP contribution in [-0.2, 0) is 0 Å². The highest BCUT2D eigenvalue weighted by molar-refractivity contribution is 7.11. The topological polar surface area (TPSA) is 24.9 Å². The van der Waals surface area contributed by atoms with Crippen molar-refractivity contribution in [1.29, 1.82) is 0 Å². The first-order valence-corrected chi connectivity index (χ1v) is 7.59. The van der Waals surface area contributed by atoms with Crippen LogP contribution in [0.1, 0.15) is 61.2 Å². The lowest BCUT2D eigenvalue weighted by Crippen LogP contribution is -2.34. The van der Waals surface area contributed by atoms with Crippen molar-refractivity contribution in [3.05, 3.63) is 15.6 Å². The molecule has 0 aromatic carbocycles. The Kier molecular flexibility index (Phi) is 4.21. The predicted octanol–water partition coefficient (Wildman–Crippen LogP) is 3.99. The lowest BCUT2D eigenvalue weighted by Gasteiger charge is -2.24. The summed E-state index contributed by atoms with van der Waals surface area (Å²) in [6.45, 7) is 8.85. The molecule has 0 radical (unpaired) electrons. The molecule has 0 aliphatic heterocycles. The maximum absolute atomic E-state index is 4.65. The zero-order valence-electron chi connectivity index (χ0n) is 11.4. The molecule has 1 N–H and O–H groups in total. The third-order valence-corrected chi connectivity index (χ3v) is 4.87. The van der Waals surface area contributed by atoms with Crippen molar-refractivity contribution in [2.75, 3.05) is 0 Å². The van der Waals surface area contributed by atoms with Crippen molar-refractivity contribution < 1.29 is 0 Å². The lowest BCUT2D eigenvalue weighted by molar-refractivity contribution is 0.350. The second kappa shape index (κ2) is 5.49. The highest BCUT2D eigenvalue weighted by atomic mass is 32.1. The number of hydrogen-bond acceptors (Lipinski definition) is 3. The SMILES string of the molecule is Cc1nc(C(C)N[C@H](C)C2CCCC2)c(C)s1. The lowest BCUT2D eigenvalue weighted by atomic mass is 9.98. The minimum atomic E-state index is 0.385. The van der Waals surface area contributed by atoms with Gasteiger partial charge in [0, 0.05) is 17.0 Å². The Morgan fingerprint density at radius 1 is 1.24 bits per heavy atom. The van der Waals surface area contributed by atoms with Crippen LogP contribution in [0.2, 0.25) is 0 Å². The second-order valence-corrected chi connectivity index (χ2v) is 6.80. The molecule has 2 rings (SSSR count). The first kappa shape index (κ1) is 13.0. The van der Waals surface area contributed by atoms with Gasteiger partial charge in [-0.1, -0.05) is 12.8 Å². The van der Waals surface area contributed by atoms with Gasteiger partial charge in [-0.05, 0) is 46.5 Å². The molecule has 2 atom stereocenters. The quantitative estimate of drug-likeness (QED) is 0.876. The van der Waals surface area contributed by atoms with Gasteiger partial charge in [0.05, 0.1) is 10.7 Å². The summed E-state index contributed by atoms with van der Waals surface area (Å²) in [6.07, 6.45) is 5.63. The fourth-order valence-corrected chi connectivity index (χ4v) is 3.93. The molecule has 0 spiro atoms. The summed E-state index contributed by atoms with van der Waals surface area (Å²) < 4.78 is 0. The van der Waals surface area contributed by atoms with Crippen molar-refractivity contribution in [3.8, 4) is 0 Å². The van der Waals surface area contributed by atoms with Gasteiger partial charge in [0.1, 0.15) is 0 Å². The molecular formula is C14H24N2S. The van der Waals surface area contributed by atoms with E-state index >= 15 is 0 Å². The van der Waals surface area contributed by atoms with E-state index in [0.717, 1.165) is 5.92 Å². The van der Waals surface area contributed by atoms with Crippen LogP contribution in [0.25, 0.3) is 0 Å². The van der Waals surface area contributed by atoms with Gasteiger partial charge < -0.3 is 5.32 Å². The third-order valence-electron chi connectivity index (χ3n) is 3.97. The van der Waals surface area contributed by atoms with E-state index in [1.807, 2.05) is 0 Å². The molecule has 1 aromatic heterocycles. The van der Waals surface area contributed by atoms with E-state index in [9.17, 15) is 0 Å². The van der Waals surface area contributed by atoms with E-state index in [0.29, 0.717) is 12.1 Å². The smallest absolute Gasteiger partial charge is 0.0900 e. The second-order valence-electron chi connectivity index (χ2n) is 5.40. The monoisotopic (exact) mass is 252 g/mol. The number of thiazole rings is 1. The van der Waals surface area contributed by atoms with E-state index in [1.54, 1.807) is 11.3 Å². The number of aromatic nitrogens is 1. The largest absolute Gasteiger partial charge is 0.306 e. The number of nitrogens with zero attached hydrogens (tertiary/aromatic N) is 1. The van der Waals surface area contributed by atoms with Gasteiger partial charge in [0.2, 0.25) is 0 Å². The molecular weight excluding hydrogens is 228 g/mol. The molecule has 2 nitrogen and oxygen atoms in total. The van der Waals surface area contributed by atoms with Crippen LogP contribution >= 0.6 is 11.3 Å². The first-order chi connectivity index (χ1) is 8.08. The molecule has 1 aliphatic carbocycles. The first-order valence-electron chi connectivity index (χ1n) is 6.78. The van der Waals surface area contributed by atoms with Gasteiger partial charge in [-0.2, -0.15) is 0 Å². The molecule has 1 unspecified atom stereocenters. The normalized spacial score (nSPS) is 20.7. The molecule has 1 aromatic rings. The highest BCUT2D eigenvalue weighted by Crippen LogP contribution is 2.29. The molecule has 1 heterocycles. The van der Waals surface area contributed by atoms with Crippen molar-refractivity contribution in [1.82, 2.24) is 10.3 Å². The minimum Gasteiger partial charge on any atom is -0.306 e. The molecule has 1 fully saturated rings. The summed E-state index contributed by atoms with van der Waals surface area (Å²) in [4.78, 5) is 6.01. The summed E-state index contributed by atoms with van der Waals surface area (Å²) >= 11 is 1.81. The maximum Gasteiger partial charge on any atom is 0.0900 e. The summed E-state index contributed by atoms with van der Waals surface area (Å²) in [5.74, 6) is 0.873. The Morgan fingerprint density at radius 3 is 2.41 bits per heavy atom. The molecule has 0 saturated heterocycles. The van der Waals surface area contributed by atoms with Crippen LogP contribution in [0.3, 0.4) is 0 Å². The fraction of sp³-hybridized carbons (Fsp3) is 0.786. The summed E-state index contributed by atoms with van der Waals surface area (Å²) in [5.41, 5.74) is 1.25. The van der Waals surface area contributed by atoms with Crippen LogP contribution < -0.4 is 5.32 Å². The van der Waals surface area contributed by atoms with Gasteiger partial charge in [0.15, 0.2) is 0 Å². The molecule has 1 aliphatic rings. The zero-order valence-corrected chi connectivity index (χ0v) is 12.2. The predicted molar refractivity (Wildman–Crippen MR) is 74.6 cm³/mol. The highest BCUT2D eigenvalue weighted by Gasteiger charge is 2.23. The van der Waals surface area contributed by atoms with Gasteiger partial charge in [-0.15, -0.1) is 11.3 Å². The average Bonchev–Trinajstić information content (AvgIpc) is 2.87. The van der Waals surface area contributed by atoms with E-state index in [2.05, 4.69) is 38.0 Å². The van der Waals surface area contributed by atoms with Gasteiger partial charge in [-0.3, -0.25) is 0 Å². The molecule has 1 saturated carbocycles. The Balaban J connectivity index is 1.96. The third kappa shape index (κ3) is 3.08. The van der Waals surface area contributed by atoms with Crippen LogP contribution in [0, 0.1) is 19.8 Å². The average molecular weight is 252 g/mol. The Labute approximate surface area is 109 Å². The van der Waals surface area contributed by atoms with Crippen molar-refractivity contribution in [2.24, 2.45) is 5.92 Å². The summed E-state index contributed by atoms with van der Waals surface area (Å²) in [6, 6.07) is 1.00. The van der Waals surface area contributed by atoms with Gasteiger partial charge in [0.25, 0.3) is 0 Å². The van der Waals surface area contributed by atoms with E-state index in [-0.39, 0.29) is 0 Å². The number of hydrogen-bond donors (Lipinski definition) is 1. The Bertz CT molecular complexity index is 366. The molecule has 96 valence electrons. The standard InChI is InChI=1S/C14H24N2S/c1-9(13-7-5-6-8-13)15-10(2)14-11(3)17-12(4)16-14/h9-10,13,15H,5-8H2,1-4H3/t9-,10?/m1/s1. The number of nitrogens with one attached hydrogen (secondary N) is 1. The van der Waals surface area contributed by atoms with Crippen LogP contribution in [0.5, 0.6) is 0 Å². The summed E-state index contributed by atoms with van der Waals surface area (Å²) in [7, 11) is 0. The molecule has 3 heteroatoms. The fourth-order valence-electron chi connectivity index (χ4n) is 3.01. The van der Waals surface area contributed by atoms with Crippen molar-refractivity contribution in [2.45, 2.75) is 65.5 Å². The molecule has 0 amide bonds. The van der Waals surface area contributed by atoms with Crippen LogP contribution in [0.4, 0.5) is 0 Å². The summed E-state index contributed by atoms with van der Waals surface area (Å²) in [5, 5.41) is 4.92. The van der Waals surface area contributed by atoms with E-state index < -0.39 is 0 Å². The molecule has 0 bridgehead atoms. The Morgan fingerprint density at radius 2 is 1.88 bits per heavy atom. The minimum absolute atomic E-state index is 0.385. The van der Waals surface area contributed by atoms with E-state index in [4.69, 9.17) is 0 Å². The van der Waals surface area contributed by atoms with Crippen molar-refractivity contribution in [3.63, 3.8) is 0 Å². The van der Waals surface area contributed by atoms with Crippen molar-refractivity contribution >= 4 is 11.3 Å². The number of aryl methyl sites for hydroxylation is 2. The number of rotatable bonds is 4. The van der Waals surface area contributed by atoms with Gasteiger partial charge >= 0.3 is 0 Å². The van der Waals surface area contributed by atoms with E-state index in [1.165, 1.54) is 41.3 Å². The van der Waals surface area contributed by atoms with Crippen LogP contribution in [-0.4, -0.2) is 11.0 Å². The van der Waals surface area contributed by atoms with Crippen LogP contribution in [0.15, 0.2) is 0 Å². The maximum atomic E-state index is 4.65. The van der Waals surface area contributed by atoms with Gasteiger partial charge in [-0.25, -0.2) is 4.98 Å². The Hall–Kier alpha value is -0.410. The zero-order chi connectivity index (χ0) is 12.4. The molecule has 17 heavy (non-hydrogen) atoms.